The predicted molar refractivity (Wildman–Crippen MR) is 150 cm³/mol. The fourth-order valence-corrected chi connectivity index (χ4v) is 4.76. The van der Waals surface area contributed by atoms with Gasteiger partial charge in [-0.3, -0.25) is 9.99 Å². The number of fused-ring (bicyclic) bond motifs is 1. The molecule has 5 rings (SSSR count). The molecule has 4 N–H and O–H groups in total. The van der Waals surface area contributed by atoms with Crippen molar-refractivity contribution < 1.29 is 4.39 Å². The topological polar surface area (TPSA) is 88.0 Å². The molecular weight excluding hydrogens is 558 g/mol. The molecule has 0 spiro atoms. The van der Waals surface area contributed by atoms with Gasteiger partial charge in [0, 0.05) is 29.5 Å². The number of hydrogen-bond donors (Lipinski definition) is 4. The molecule has 0 radical (unpaired) electrons. The minimum absolute atomic E-state index is 0.0342. The summed E-state index contributed by atoms with van der Waals surface area (Å²) in [6, 6.07) is 12.5. The molecule has 1 fully saturated rings. The van der Waals surface area contributed by atoms with Gasteiger partial charge in [-0.1, -0.05) is 58.5 Å². The number of aromatic nitrogens is 1. The van der Waals surface area contributed by atoms with E-state index in [1.54, 1.807) is 18.2 Å². The molecule has 1 atom stereocenters. The minimum Gasteiger partial charge on any atom is -0.379 e. The van der Waals surface area contributed by atoms with Gasteiger partial charge in [-0.05, 0) is 42.7 Å². The predicted octanol–water partition coefficient (Wildman–Crippen LogP) is 4.91. The molecule has 1 saturated carbocycles. The van der Waals surface area contributed by atoms with E-state index in [4.69, 9.17) is 46.4 Å². The Morgan fingerprint density at radius 1 is 1.22 bits per heavy atom. The van der Waals surface area contributed by atoms with E-state index < -0.39 is 9.23 Å². The molecule has 1 aromatic heterocycles. The third kappa shape index (κ3) is 5.50. The molecule has 190 valence electrons. The molecule has 2 aliphatic rings. The number of nitrogens with zero attached hydrogens (tertiary/aromatic N) is 3. The van der Waals surface area contributed by atoms with Gasteiger partial charge < -0.3 is 16.1 Å². The molecule has 3 aromatic rings. The van der Waals surface area contributed by atoms with Crippen molar-refractivity contribution in [3.8, 4) is 6.07 Å². The molecule has 1 aliphatic heterocycles. The van der Waals surface area contributed by atoms with E-state index in [1.807, 2.05) is 25.1 Å². The Hall–Kier alpha value is -2.61. The minimum atomic E-state index is -1.58. The van der Waals surface area contributed by atoms with Gasteiger partial charge in [-0.25, -0.2) is 4.39 Å². The Balaban J connectivity index is 1.60. The number of halogens is 5. The number of hydrogen-bond acceptors (Lipinski definition) is 7. The largest absolute Gasteiger partial charge is 0.379 e. The SMILES string of the molecule is BC(Nc1cc(Cl)c2ncc(C#N)c(NCC(Cl)(Cl)Cl)c2c1)(C1=CN(C2CC2)NN1)c1ccc(F)cc1. The maximum atomic E-state index is 13.8. The Labute approximate surface area is 234 Å². The van der Waals surface area contributed by atoms with Crippen LogP contribution < -0.4 is 21.6 Å². The van der Waals surface area contributed by atoms with E-state index in [2.05, 4.69) is 32.6 Å². The fraction of sp³-hybridized carbons (Fsp3) is 0.250. The molecule has 1 unspecified atom stereocenters. The molecule has 13 heteroatoms. The smallest absolute Gasteiger partial charge is 0.207 e. The van der Waals surface area contributed by atoms with E-state index in [0.717, 1.165) is 24.1 Å². The van der Waals surface area contributed by atoms with Crippen LogP contribution in [0.3, 0.4) is 0 Å². The van der Waals surface area contributed by atoms with E-state index in [1.165, 1.54) is 18.3 Å². The van der Waals surface area contributed by atoms with Crippen LogP contribution in [-0.2, 0) is 5.44 Å². The second-order valence-electron chi connectivity index (χ2n) is 9.16. The zero-order valence-corrected chi connectivity index (χ0v) is 22.6. The molecule has 2 heterocycles. The highest BCUT2D eigenvalue weighted by Gasteiger charge is 2.38. The Bertz CT molecular complexity index is 1420. The van der Waals surface area contributed by atoms with Crippen LogP contribution in [0.15, 0.2) is 54.5 Å². The summed E-state index contributed by atoms with van der Waals surface area (Å²) < 4.78 is 12.2. The Morgan fingerprint density at radius 2 is 1.95 bits per heavy atom. The first-order valence-electron chi connectivity index (χ1n) is 11.5. The summed E-state index contributed by atoms with van der Waals surface area (Å²) in [6.45, 7) is -0.0342. The van der Waals surface area contributed by atoms with Gasteiger partial charge in [0.2, 0.25) is 3.79 Å². The lowest BCUT2D eigenvalue weighted by atomic mass is 9.69. The molecule has 0 bridgehead atoms. The Kier molecular flexibility index (Phi) is 6.99. The van der Waals surface area contributed by atoms with Crippen LogP contribution in [0.25, 0.3) is 10.9 Å². The lowest BCUT2D eigenvalue weighted by Gasteiger charge is -2.34. The van der Waals surface area contributed by atoms with E-state index >= 15 is 0 Å². The molecule has 0 saturated heterocycles. The van der Waals surface area contributed by atoms with Gasteiger partial charge in [0.25, 0.3) is 0 Å². The summed E-state index contributed by atoms with van der Waals surface area (Å²) in [4.78, 5) is 4.37. The number of rotatable bonds is 7. The third-order valence-electron chi connectivity index (χ3n) is 6.39. The summed E-state index contributed by atoms with van der Waals surface area (Å²) in [5.74, 6) is -0.328. The van der Waals surface area contributed by atoms with Crippen LogP contribution in [0, 0.1) is 17.1 Å². The first-order chi connectivity index (χ1) is 17.6. The third-order valence-corrected chi connectivity index (χ3v) is 7.08. The number of anilines is 2. The Morgan fingerprint density at radius 3 is 2.59 bits per heavy atom. The van der Waals surface area contributed by atoms with Gasteiger partial charge in [0.15, 0.2) is 0 Å². The van der Waals surface area contributed by atoms with Gasteiger partial charge in [-0.2, -0.15) is 5.26 Å². The van der Waals surface area contributed by atoms with Crippen molar-refractivity contribution in [1.82, 2.24) is 21.0 Å². The van der Waals surface area contributed by atoms with Crippen LogP contribution >= 0.6 is 46.4 Å². The van der Waals surface area contributed by atoms with Crippen molar-refractivity contribution >= 4 is 76.5 Å². The highest BCUT2D eigenvalue weighted by atomic mass is 35.6. The average Bonchev–Trinajstić information content (AvgIpc) is 3.58. The molecule has 2 aromatic carbocycles. The summed E-state index contributed by atoms with van der Waals surface area (Å²) in [7, 11) is 1.99. The number of nitrogens with one attached hydrogen (secondary N) is 4. The van der Waals surface area contributed by atoms with Gasteiger partial charge in [0.05, 0.1) is 39.5 Å². The van der Waals surface area contributed by atoms with Crippen molar-refractivity contribution in [3.05, 3.63) is 76.5 Å². The zero-order valence-electron chi connectivity index (χ0n) is 19.5. The first-order valence-corrected chi connectivity index (χ1v) is 13.0. The van der Waals surface area contributed by atoms with Crippen LogP contribution in [0.4, 0.5) is 15.8 Å². The molecule has 0 amide bonds. The first kappa shape index (κ1) is 26.0. The van der Waals surface area contributed by atoms with Crippen LogP contribution in [0.1, 0.15) is 24.0 Å². The van der Waals surface area contributed by atoms with Crippen molar-refractivity contribution in [3.63, 3.8) is 0 Å². The summed E-state index contributed by atoms with van der Waals surface area (Å²) >= 11 is 24.5. The summed E-state index contributed by atoms with van der Waals surface area (Å²) in [5, 5.41) is 19.3. The van der Waals surface area contributed by atoms with Crippen molar-refractivity contribution in [2.24, 2.45) is 0 Å². The standard InChI is InChI=1S/C24H21BCl4FN7/c25-24(14-1-3-15(30)4-2-14,20-11-37(36-35-20)17-5-6-17)34-16-7-18-21(33-12-23(27,28)29)13(9-31)10-32-22(18)19(26)8-16/h1-4,7-8,10-11,17,34-36H,5-6,12,25H2,(H,32,33). The normalized spacial score (nSPS) is 17.1. The van der Waals surface area contributed by atoms with Crippen molar-refractivity contribution in [1.29, 1.82) is 5.26 Å². The van der Waals surface area contributed by atoms with Gasteiger partial charge in [-0.15, -0.1) is 5.53 Å². The van der Waals surface area contributed by atoms with Gasteiger partial charge >= 0.3 is 0 Å². The fourth-order valence-electron chi connectivity index (χ4n) is 4.29. The average molecular weight is 579 g/mol. The monoisotopic (exact) mass is 577 g/mol. The zero-order chi connectivity index (χ0) is 26.4. The second-order valence-corrected chi connectivity index (χ2v) is 12.1. The molecular formula is C24H21BCl4FN7. The number of pyridine rings is 1. The van der Waals surface area contributed by atoms with Crippen LogP contribution in [-0.4, -0.2) is 34.2 Å². The summed E-state index contributed by atoms with van der Waals surface area (Å²) in [6.07, 6.45) is 5.66. The maximum Gasteiger partial charge on any atom is 0.207 e. The van der Waals surface area contributed by atoms with Crippen molar-refractivity contribution in [2.45, 2.75) is 28.1 Å². The second kappa shape index (κ2) is 9.93. The number of alkyl halides is 3. The lowest BCUT2D eigenvalue weighted by Crippen LogP contribution is -2.45. The number of hydrazine groups is 2. The maximum absolute atomic E-state index is 13.8. The lowest BCUT2D eigenvalue weighted by molar-refractivity contribution is 0.260. The van der Waals surface area contributed by atoms with Crippen LogP contribution in [0.2, 0.25) is 5.02 Å². The quantitative estimate of drug-likeness (QED) is 0.234. The molecule has 37 heavy (non-hydrogen) atoms. The van der Waals surface area contributed by atoms with E-state index in [-0.39, 0.29) is 17.9 Å². The van der Waals surface area contributed by atoms with E-state index in [0.29, 0.717) is 33.3 Å². The number of nitriles is 1. The van der Waals surface area contributed by atoms with E-state index in [9.17, 15) is 9.65 Å². The highest BCUT2D eigenvalue weighted by Crippen LogP contribution is 2.38. The van der Waals surface area contributed by atoms with Gasteiger partial charge in [0.1, 0.15) is 19.7 Å². The van der Waals surface area contributed by atoms with Crippen LogP contribution in [0.5, 0.6) is 0 Å². The number of benzene rings is 2. The molecule has 1 aliphatic carbocycles. The summed E-state index contributed by atoms with van der Waals surface area (Å²) in [5.41, 5.74) is 9.15. The highest BCUT2D eigenvalue weighted by molar-refractivity contribution is 6.67. The molecule has 7 nitrogen and oxygen atoms in total. The van der Waals surface area contributed by atoms with Crippen molar-refractivity contribution in [2.75, 3.05) is 17.2 Å².